The number of aromatic nitrogens is 1. The SMILES string of the molecule is NCC(=O)N1CCC2(CC1)NC(=O)c1sc(-c3ccncc3)cc1N2. The molecule has 0 aromatic carbocycles. The van der Waals surface area contributed by atoms with Crippen molar-refractivity contribution in [2.75, 3.05) is 25.0 Å². The maximum Gasteiger partial charge on any atom is 0.265 e. The number of nitrogens with zero attached hydrogens (tertiary/aromatic N) is 2. The number of hydrogen-bond acceptors (Lipinski definition) is 6. The normalized spacial score (nSPS) is 18.4. The van der Waals surface area contributed by atoms with E-state index in [1.807, 2.05) is 18.2 Å². The molecule has 0 bridgehead atoms. The van der Waals surface area contributed by atoms with Gasteiger partial charge in [-0.15, -0.1) is 11.3 Å². The third-order valence-electron chi connectivity index (χ3n) is 4.77. The number of thiophene rings is 1. The minimum Gasteiger partial charge on any atom is -0.361 e. The summed E-state index contributed by atoms with van der Waals surface area (Å²) in [6.45, 7) is 1.19. The molecule has 0 atom stereocenters. The van der Waals surface area contributed by atoms with Gasteiger partial charge in [-0.2, -0.15) is 0 Å². The first-order chi connectivity index (χ1) is 12.1. The zero-order valence-corrected chi connectivity index (χ0v) is 14.4. The van der Waals surface area contributed by atoms with E-state index < -0.39 is 5.66 Å². The highest BCUT2D eigenvalue weighted by molar-refractivity contribution is 7.18. The molecule has 0 aliphatic carbocycles. The van der Waals surface area contributed by atoms with E-state index in [0.717, 1.165) is 16.1 Å². The third-order valence-corrected chi connectivity index (χ3v) is 5.96. The van der Waals surface area contributed by atoms with Crippen molar-refractivity contribution in [3.05, 3.63) is 35.5 Å². The molecular weight excluding hydrogens is 338 g/mol. The van der Waals surface area contributed by atoms with E-state index in [1.54, 1.807) is 17.3 Å². The second kappa shape index (κ2) is 6.12. The molecule has 4 N–H and O–H groups in total. The Balaban J connectivity index is 1.57. The van der Waals surface area contributed by atoms with Gasteiger partial charge in [-0.3, -0.25) is 14.6 Å². The number of carbonyl (C=O) groups excluding carboxylic acids is 2. The van der Waals surface area contributed by atoms with Gasteiger partial charge in [0.25, 0.3) is 5.91 Å². The van der Waals surface area contributed by atoms with Crippen LogP contribution in [0.4, 0.5) is 5.69 Å². The summed E-state index contributed by atoms with van der Waals surface area (Å²) in [6.07, 6.45) is 4.80. The number of likely N-dealkylation sites (tertiary alicyclic amines) is 1. The highest BCUT2D eigenvalue weighted by atomic mass is 32.1. The van der Waals surface area contributed by atoms with Crippen molar-refractivity contribution in [2.24, 2.45) is 5.73 Å². The summed E-state index contributed by atoms with van der Waals surface area (Å²) >= 11 is 1.47. The summed E-state index contributed by atoms with van der Waals surface area (Å²) in [5.74, 6) is -0.106. The van der Waals surface area contributed by atoms with Crippen molar-refractivity contribution < 1.29 is 9.59 Å². The Morgan fingerprint density at radius 2 is 2.00 bits per heavy atom. The van der Waals surface area contributed by atoms with Crippen molar-refractivity contribution in [1.29, 1.82) is 0 Å². The zero-order chi connectivity index (χ0) is 17.4. The molecule has 0 radical (unpaired) electrons. The number of hydrogen-bond donors (Lipinski definition) is 3. The van der Waals surface area contributed by atoms with Gasteiger partial charge in [0.05, 0.1) is 12.2 Å². The summed E-state index contributed by atoms with van der Waals surface area (Å²) in [5.41, 5.74) is 6.85. The lowest BCUT2D eigenvalue weighted by atomic mass is 9.94. The Hall–Kier alpha value is -2.45. The average Bonchev–Trinajstić information content (AvgIpc) is 3.07. The molecular formula is C17H19N5O2S. The number of anilines is 1. The number of piperidine rings is 1. The molecule has 4 rings (SSSR count). The average molecular weight is 357 g/mol. The number of nitrogens with one attached hydrogen (secondary N) is 2. The van der Waals surface area contributed by atoms with Crippen molar-refractivity contribution >= 4 is 28.8 Å². The fourth-order valence-electron chi connectivity index (χ4n) is 3.39. The highest BCUT2D eigenvalue weighted by Gasteiger charge is 2.41. The van der Waals surface area contributed by atoms with E-state index in [0.29, 0.717) is 30.8 Å². The van der Waals surface area contributed by atoms with Crippen LogP contribution in [0.5, 0.6) is 0 Å². The van der Waals surface area contributed by atoms with Crippen LogP contribution in [-0.2, 0) is 4.79 Å². The predicted octanol–water partition coefficient (Wildman–Crippen LogP) is 1.24. The maximum atomic E-state index is 12.6. The molecule has 0 saturated carbocycles. The van der Waals surface area contributed by atoms with Crippen LogP contribution < -0.4 is 16.4 Å². The Labute approximate surface area is 149 Å². The van der Waals surface area contributed by atoms with Crippen LogP contribution in [0.1, 0.15) is 22.5 Å². The Kier molecular flexibility index (Phi) is 3.93. The van der Waals surface area contributed by atoms with Gasteiger partial charge in [-0.05, 0) is 23.8 Å². The Morgan fingerprint density at radius 3 is 2.68 bits per heavy atom. The summed E-state index contributed by atoms with van der Waals surface area (Å²) in [7, 11) is 0. The van der Waals surface area contributed by atoms with Crippen LogP contribution in [-0.4, -0.2) is 47.0 Å². The lowest BCUT2D eigenvalue weighted by Crippen LogP contribution is -2.62. The van der Waals surface area contributed by atoms with Crippen LogP contribution in [0.15, 0.2) is 30.6 Å². The van der Waals surface area contributed by atoms with Crippen LogP contribution >= 0.6 is 11.3 Å². The summed E-state index contributed by atoms with van der Waals surface area (Å²) in [5, 5.41) is 6.61. The van der Waals surface area contributed by atoms with Gasteiger partial charge < -0.3 is 21.3 Å². The Bertz CT molecular complexity index is 812. The minimum atomic E-state index is -0.494. The van der Waals surface area contributed by atoms with Crippen LogP contribution in [0, 0.1) is 0 Å². The van der Waals surface area contributed by atoms with Gasteiger partial charge in [-0.1, -0.05) is 0 Å². The topological polar surface area (TPSA) is 100 Å². The fourth-order valence-corrected chi connectivity index (χ4v) is 4.41. The zero-order valence-electron chi connectivity index (χ0n) is 13.6. The van der Waals surface area contributed by atoms with Crippen LogP contribution in [0.2, 0.25) is 0 Å². The second-order valence-electron chi connectivity index (χ2n) is 6.34. The molecule has 2 aliphatic heterocycles. The van der Waals surface area contributed by atoms with Gasteiger partial charge in [0, 0.05) is 43.2 Å². The highest BCUT2D eigenvalue weighted by Crippen LogP contribution is 2.40. The molecule has 1 fully saturated rings. The first-order valence-corrected chi connectivity index (χ1v) is 9.05. The fraction of sp³-hybridized carbons (Fsp3) is 0.353. The molecule has 2 amide bonds. The molecule has 2 aromatic rings. The number of nitrogens with two attached hydrogens (primary N) is 1. The lowest BCUT2D eigenvalue weighted by Gasteiger charge is -2.45. The maximum absolute atomic E-state index is 12.6. The monoisotopic (exact) mass is 357 g/mol. The van der Waals surface area contributed by atoms with E-state index in [9.17, 15) is 9.59 Å². The molecule has 0 unspecified atom stereocenters. The molecule has 25 heavy (non-hydrogen) atoms. The molecule has 2 aliphatic rings. The van der Waals surface area contributed by atoms with Crippen LogP contribution in [0.25, 0.3) is 10.4 Å². The second-order valence-corrected chi connectivity index (χ2v) is 7.39. The quantitative estimate of drug-likeness (QED) is 0.751. The number of pyridine rings is 1. The summed E-state index contributed by atoms with van der Waals surface area (Å²) in [6, 6.07) is 5.89. The van der Waals surface area contributed by atoms with Crippen molar-refractivity contribution in [1.82, 2.24) is 15.2 Å². The van der Waals surface area contributed by atoms with Gasteiger partial charge >= 0.3 is 0 Å². The van der Waals surface area contributed by atoms with Gasteiger partial charge in [0.1, 0.15) is 10.5 Å². The standard InChI is InChI=1S/C17H19N5O2S/c18-10-14(23)22-7-3-17(4-8-22)20-12-9-13(11-1-5-19-6-2-11)25-15(12)16(24)21-17/h1-2,5-6,9,20H,3-4,7-8,10,18H2,(H,21,24). The number of carbonyl (C=O) groups is 2. The number of fused-ring (bicyclic) bond motifs is 1. The summed E-state index contributed by atoms with van der Waals surface area (Å²) < 4.78 is 0. The van der Waals surface area contributed by atoms with E-state index in [4.69, 9.17) is 5.73 Å². The molecule has 4 heterocycles. The molecule has 7 nitrogen and oxygen atoms in total. The van der Waals surface area contributed by atoms with Crippen molar-refractivity contribution in [2.45, 2.75) is 18.5 Å². The van der Waals surface area contributed by atoms with E-state index in [-0.39, 0.29) is 18.4 Å². The minimum absolute atomic E-state index is 0.0246. The largest absolute Gasteiger partial charge is 0.361 e. The molecule has 8 heteroatoms. The van der Waals surface area contributed by atoms with Crippen LogP contribution in [0.3, 0.4) is 0 Å². The van der Waals surface area contributed by atoms with E-state index in [2.05, 4.69) is 15.6 Å². The lowest BCUT2D eigenvalue weighted by molar-refractivity contribution is -0.131. The van der Waals surface area contributed by atoms with Gasteiger partial charge in [0.15, 0.2) is 0 Å². The summed E-state index contributed by atoms with van der Waals surface area (Å²) in [4.78, 5) is 31.9. The van der Waals surface area contributed by atoms with Crippen molar-refractivity contribution in [3.63, 3.8) is 0 Å². The molecule has 2 aromatic heterocycles. The number of amides is 2. The van der Waals surface area contributed by atoms with Gasteiger partial charge in [0.2, 0.25) is 5.91 Å². The van der Waals surface area contributed by atoms with Crippen molar-refractivity contribution in [3.8, 4) is 10.4 Å². The first kappa shape index (κ1) is 16.0. The van der Waals surface area contributed by atoms with E-state index in [1.165, 1.54) is 11.3 Å². The number of rotatable bonds is 2. The van der Waals surface area contributed by atoms with E-state index >= 15 is 0 Å². The smallest absolute Gasteiger partial charge is 0.265 e. The first-order valence-electron chi connectivity index (χ1n) is 8.23. The predicted molar refractivity (Wildman–Crippen MR) is 96.2 cm³/mol. The molecule has 1 spiro atoms. The molecule has 130 valence electrons. The molecule has 1 saturated heterocycles. The third kappa shape index (κ3) is 2.87. The van der Waals surface area contributed by atoms with Gasteiger partial charge in [-0.25, -0.2) is 0 Å². The Morgan fingerprint density at radius 1 is 1.28 bits per heavy atom.